The number of hydrogen-bond acceptors (Lipinski definition) is 3. The lowest BCUT2D eigenvalue weighted by Crippen LogP contribution is -2.22. The van der Waals surface area contributed by atoms with E-state index in [9.17, 15) is 14.7 Å². The minimum Gasteiger partial charge on any atom is -0.478 e. The van der Waals surface area contributed by atoms with Gasteiger partial charge in [-0.25, -0.2) is 9.78 Å². The Balaban J connectivity index is 1.43. The van der Waals surface area contributed by atoms with Crippen molar-refractivity contribution in [2.45, 2.75) is 44.7 Å². The van der Waals surface area contributed by atoms with Gasteiger partial charge in [0.05, 0.1) is 16.6 Å². The third kappa shape index (κ3) is 5.11. The smallest absolute Gasteiger partial charge is 0.335 e. The third-order valence-corrected chi connectivity index (χ3v) is 7.09. The van der Waals surface area contributed by atoms with E-state index in [1.165, 1.54) is 6.42 Å². The molecule has 0 atom stereocenters. The number of hydrogen-bond donors (Lipinski definition) is 2. The summed E-state index contributed by atoms with van der Waals surface area (Å²) < 4.78 is 2.25. The van der Waals surface area contributed by atoms with Crippen LogP contribution in [0.1, 0.15) is 64.4 Å². The van der Waals surface area contributed by atoms with Crippen molar-refractivity contribution in [2.24, 2.45) is 0 Å². The van der Waals surface area contributed by atoms with Crippen LogP contribution in [0.3, 0.4) is 0 Å². The molecule has 1 fully saturated rings. The first-order chi connectivity index (χ1) is 17.4. The van der Waals surface area contributed by atoms with Crippen LogP contribution in [0.4, 0.5) is 0 Å². The molecular weight excluding hydrogens is 497 g/mol. The van der Waals surface area contributed by atoms with Crippen molar-refractivity contribution >= 4 is 46.1 Å². The maximum atomic E-state index is 12.7. The highest BCUT2D eigenvalue weighted by Gasteiger charge is 2.23. The van der Waals surface area contributed by atoms with E-state index in [4.69, 9.17) is 28.2 Å². The highest BCUT2D eigenvalue weighted by Crippen LogP contribution is 2.36. The summed E-state index contributed by atoms with van der Waals surface area (Å²) in [5, 5.41) is 13.4. The Morgan fingerprint density at radius 3 is 2.25 bits per heavy atom. The number of amides is 1. The van der Waals surface area contributed by atoms with Gasteiger partial charge in [0.25, 0.3) is 5.91 Å². The Hall–Kier alpha value is -3.35. The number of aromatic carboxylic acids is 1. The van der Waals surface area contributed by atoms with Crippen LogP contribution in [0.5, 0.6) is 0 Å². The highest BCUT2D eigenvalue weighted by atomic mass is 35.5. The number of rotatable bonds is 6. The lowest BCUT2D eigenvalue weighted by molar-refractivity contribution is 0.0696. The molecule has 3 aromatic carbocycles. The second-order valence-electron chi connectivity index (χ2n) is 9.14. The number of halogens is 2. The van der Waals surface area contributed by atoms with Crippen molar-refractivity contribution in [1.82, 2.24) is 14.9 Å². The van der Waals surface area contributed by atoms with Crippen molar-refractivity contribution in [3.63, 3.8) is 0 Å². The van der Waals surface area contributed by atoms with Gasteiger partial charge in [0.2, 0.25) is 0 Å². The van der Waals surface area contributed by atoms with Gasteiger partial charge in [0.1, 0.15) is 5.82 Å². The maximum absolute atomic E-state index is 12.7. The number of fused-ring (bicyclic) bond motifs is 1. The summed E-state index contributed by atoms with van der Waals surface area (Å²) >= 11 is 12.1. The topological polar surface area (TPSA) is 84.2 Å². The Labute approximate surface area is 218 Å². The molecule has 0 spiro atoms. The Bertz CT molecular complexity index is 1420. The summed E-state index contributed by atoms with van der Waals surface area (Å²) in [4.78, 5) is 29.1. The molecule has 0 aliphatic heterocycles. The summed E-state index contributed by atoms with van der Waals surface area (Å²) in [5.41, 5.74) is 4.04. The molecule has 1 aliphatic carbocycles. The SMILES string of the molecule is O=C(O)c1ccc2c(c1)nc(-c1ccc(C(=O)NCc3cc(Cl)cc(Cl)c3)cc1)n2C1CCCCC1. The van der Waals surface area contributed by atoms with Crippen LogP contribution in [0.15, 0.2) is 60.7 Å². The van der Waals surface area contributed by atoms with E-state index in [0.717, 1.165) is 48.2 Å². The third-order valence-electron chi connectivity index (χ3n) is 6.66. The normalized spacial score (nSPS) is 14.2. The molecule has 1 amide bonds. The lowest BCUT2D eigenvalue weighted by Gasteiger charge is -2.25. The fourth-order valence-electron chi connectivity index (χ4n) is 4.91. The van der Waals surface area contributed by atoms with Crippen molar-refractivity contribution in [3.05, 3.63) is 87.4 Å². The fraction of sp³-hybridized carbons (Fsp3) is 0.250. The second kappa shape index (κ2) is 10.3. The number of carbonyl (C=O) groups is 2. The van der Waals surface area contributed by atoms with E-state index in [1.54, 1.807) is 42.5 Å². The summed E-state index contributed by atoms with van der Waals surface area (Å²) in [6.07, 6.45) is 5.68. The van der Waals surface area contributed by atoms with Crippen molar-refractivity contribution < 1.29 is 14.7 Å². The van der Waals surface area contributed by atoms with Gasteiger partial charge in [-0.2, -0.15) is 0 Å². The number of nitrogens with one attached hydrogen (secondary N) is 1. The number of carboxylic acid groups (broad SMARTS) is 1. The molecule has 1 aromatic heterocycles. The molecule has 0 radical (unpaired) electrons. The molecule has 4 aromatic rings. The monoisotopic (exact) mass is 521 g/mol. The van der Waals surface area contributed by atoms with Crippen LogP contribution in [-0.4, -0.2) is 26.5 Å². The number of aromatic nitrogens is 2. The van der Waals surface area contributed by atoms with Crippen LogP contribution in [0.25, 0.3) is 22.4 Å². The molecule has 8 heteroatoms. The predicted octanol–water partition coefficient (Wildman–Crippen LogP) is 7.14. The second-order valence-corrected chi connectivity index (χ2v) is 10.0. The Morgan fingerprint density at radius 2 is 1.58 bits per heavy atom. The van der Waals surface area contributed by atoms with Crippen LogP contribution >= 0.6 is 23.2 Å². The average Bonchev–Trinajstić information content (AvgIpc) is 3.26. The van der Waals surface area contributed by atoms with Crippen LogP contribution in [0, 0.1) is 0 Å². The molecule has 1 heterocycles. The summed E-state index contributed by atoms with van der Waals surface area (Å²) in [5.74, 6) is -0.384. The Morgan fingerprint density at radius 1 is 0.917 bits per heavy atom. The van der Waals surface area contributed by atoms with Crippen LogP contribution in [-0.2, 0) is 6.54 Å². The van der Waals surface area contributed by atoms with E-state index in [-0.39, 0.29) is 11.5 Å². The zero-order valence-corrected chi connectivity index (χ0v) is 21.0. The van der Waals surface area contributed by atoms with E-state index in [0.29, 0.717) is 33.7 Å². The van der Waals surface area contributed by atoms with E-state index in [2.05, 4.69) is 9.88 Å². The van der Waals surface area contributed by atoms with E-state index >= 15 is 0 Å². The predicted molar refractivity (Wildman–Crippen MR) is 142 cm³/mol. The average molecular weight is 522 g/mol. The van der Waals surface area contributed by atoms with Gasteiger partial charge in [-0.3, -0.25) is 4.79 Å². The van der Waals surface area contributed by atoms with Gasteiger partial charge < -0.3 is 15.0 Å². The number of carboxylic acids is 1. The number of benzene rings is 3. The molecule has 1 saturated carbocycles. The van der Waals surface area contributed by atoms with Crippen molar-refractivity contribution in [3.8, 4) is 11.4 Å². The molecule has 2 N–H and O–H groups in total. The summed E-state index contributed by atoms with van der Waals surface area (Å²) in [6, 6.07) is 18.0. The van der Waals surface area contributed by atoms with Gasteiger partial charge in [0.15, 0.2) is 0 Å². The minimum atomic E-state index is -0.971. The molecule has 0 saturated heterocycles. The lowest BCUT2D eigenvalue weighted by atomic mass is 9.94. The fourth-order valence-corrected chi connectivity index (χ4v) is 5.48. The number of imidazole rings is 1. The molecule has 0 unspecified atom stereocenters. The molecule has 1 aliphatic rings. The quantitative estimate of drug-likeness (QED) is 0.282. The standard InChI is InChI=1S/C28H25Cl2N3O3/c29-21-12-17(13-22(30)15-21)16-31-27(34)19-8-6-18(7-9-19)26-32-24-14-20(28(35)36)10-11-25(24)33(26)23-4-2-1-3-5-23/h6-15,23H,1-5,16H2,(H,31,34)(H,35,36). The molecule has 6 nitrogen and oxygen atoms in total. The number of carbonyl (C=O) groups excluding carboxylic acids is 1. The van der Waals surface area contributed by atoms with Gasteiger partial charge in [-0.15, -0.1) is 0 Å². The first-order valence-corrected chi connectivity index (χ1v) is 12.7. The summed E-state index contributed by atoms with van der Waals surface area (Å²) in [6.45, 7) is 0.310. The molecular formula is C28H25Cl2N3O3. The van der Waals surface area contributed by atoms with E-state index < -0.39 is 5.97 Å². The van der Waals surface area contributed by atoms with Gasteiger partial charge in [-0.1, -0.05) is 54.6 Å². The molecule has 5 rings (SSSR count). The zero-order chi connectivity index (χ0) is 25.2. The van der Waals surface area contributed by atoms with Crippen LogP contribution < -0.4 is 5.32 Å². The minimum absolute atomic E-state index is 0.204. The molecule has 184 valence electrons. The van der Waals surface area contributed by atoms with Crippen LogP contribution in [0.2, 0.25) is 10.0 Å². The molecule has 36 heavy (non-hydrogen) atoms. The van der Waals surface area contributed by atoms with Crippen molar-refractivity contribution in [2.75, 3.05) is 0 Å². The first kappa shape index (κ1) is 24.3. The zero-order valence-electron chi connectivity index (χ0n) is 19.5. The van der Waals surface area contributed by atoms with E-state index in [1.807, 2.05) is 18.2 Å². The van der Waals surface area contributed by atoms with Gasteiger partial charge >= 0.3 is 5.97 Å². The molecule has 0 bridgehead atoms. The summed E-state index contributed by atoms with van der Waals surface area (Å²) in [7, 11) is 0. The Kier molecular flexibility index (Phi) is 6.99. The number of nitrogens with zero attached hydrogens (tertiary/aromatic N) is 2. The first-order valence-electron chi connectivity index (χ1n) is 12.0. The van der Waals surface area contributed by atoms with Crippen molar-refractivity contribution in [1.29, 1.82) is 0 Å². The largest absolute Gasteiger partial charge is 0.478 e. The van der Waals surface area contributed by atoms with Gasteiger partial charge in [-0.05, 0) is 66.9 Å². The highest BCUT2D eigenvalue weighted by molar-refractivity contribution is 6.34. The van der Waals surface area contributed by atoms with Gasteiger partial charge in [0, 0.05) is 33.8 Å². The maximum Gasteiger partial charge on any atom is 0.335 e.